The molecular weight excluding hydrogens is 246 g/mol. The molecule has 1 saturated heterocycles. The average molecular weight is 271 g/mol. The molecule has 0 unspecified atom stereocenters. The predicted molar refractivity (Wildman–Crippen MR) is 84.9 cm³/mol. The molecule has 2 rings (SSSR count). The summed E-state index contributed by atoms with van der Waals surface area (Å²) in [6, 6.07) is 10.3. The van der Waals surface area contributed by atoms with Crippen LogP contribution in [0, 0.1) is 11.8 Å². The highest BCUT2D eigenvalue weighted by atomic mass is 16.5. The zero-order valence-electron chi connectivity index (χ0n) is 13.1. The van der Waals surface area contributed by atoms with E-state index >= 15 is 0 Å². The molecule has 2 nitrogen and oxygen atoms in total. The van der Waals surface area contributed by atoms with Gasteiger partial charge in [0.2, 0.25) is 0 Å². The average Bonchev–Trinajstić information content (AvgIpc) is 2.38. The van der Waals surface area contributed by atoms with E-state index < -0.39 is 0 Å². The van der Waals surface area contributed by atoms with Crippen molar-refractivity contribution < 1.29 is 4.74 Å². The van der Waals surface area contributed by atoms with Gasteiger partial charge in [0.15, 0.2) is 0 Å². The number of benzene rings is 1. The smallest absolute Gasteiger partial charge is 0.126 e. The number of ether oxygens (including phenoxy) is 1. The maximum absolute atomic E-state index is 6.16. The number of rotatable bonds is 2. The van der Waals surface area contributed by atoms with Gasteiger partial charge in [-0.25, -0.2) is 0 Å². The van der Waals surface area contributed by atoms with Gasteiger partial charge in [0.1, 0.15) is 5.60 Å². The van der Waals surface area contributed by atoms with Crippen molar-refractivity contribution in [3.8, 4) is 11.8 Å². The molecule has 1 heterocycles. The lowest BCUT2D eigenvalue weighted by Crippen LogP contribution is -2.42. The Hall–Kier alpha value is -1.46. The van der Waals surface area contributed by atoms with Crippen LogP contribution in [0.5, 0.6) is 0 Å². The molecule has 1 aromatic rings. The van der Waals surface area contributed by atoms with E-state index in [1.165, 1.54) is 12.1 Å². The highest BCUT2D eigenvalue weighted by Gasteiger charge is 2.35. The minimum atomic E-state index is -0.292. The largest absolute Gasteiger partial charge is 0.363 e. The third-order valence-corrected chi connectivity index (χ3v) is 3.80. The Morgan fingerprint density at radius 1 is 1.15 bits per heavy atom. The normalized spacial score (nSPS) is 24.6. The van der Waals surface area contributed by atoms with E-state index in [9.17, 15) is 0 Å². The van der Waals surface area contributed by atoms with E-state index in [4.69, 9.17) is 4.74 Å². The van der Waals surface area contributed by atoms with Gasteiger partial charge < -0.3 is 9.64 Å². The Kier molecular flexibility index (Phi) is 4.40. The number of hydrogen-bond acceptors (Lipinski definition) is 2. The third-order valence-electron chi connectivity index (χ3n) is 3.80. The summed E-state index contributed by atoms with van der Waals surface area (Å²) in [5.74, 6) is 6.62. The second-order valence-electron chi connectivity index (χ2n) is 6.44. The van der Waals surface area contributed by atoms with E-state index in [0.717, 1.165) is 19.4 Å². The van der Waals surface area contributed by atoms with Gasteiger partial charge in [-0.2, -0.15) is 0 Å². The van der Waals surface area contributed by atoms with E-state index in [-0.39, 0.29) is 11.2 Å². The topological polar surface area (TPSA) is 12.5 Å². The van der Waals surface area contributed by atoms with E-state index in [0.29, 0.717) is 0 Å². The van der Waals surface area contributed by atoms with Gasteiger partial charge in [0, 0.05) is 12.7 Å². The van der Waals surface area contributed by atoms with Crippen LogP contribution in [0.15, 0.2) is 30.3 Å². The lowest BCUT2D eigenvalue weighted by atomic mass is 9.88. The van der Waals surface area contributed by atoms with Gasteiger partial charge in [-0.1, -0.05) is 30.0 Å². The summed E-state index contributed by atoms with van der Waals surface area (Å²) < 4.78 is 6.16. The van der Waals surface area contributed by atoms with Crippen molar-refractivity contribution in [3.05, 3.63) is 30.3 Å². The van der Waals surface area contributed by atoms with Crippen LogP contribution in [-0.2, 0) is 4.74 Å². The molecule has 1 aliphatic rings. The Morgan fingerprint density at radius 2 is 1.85 bits per heavy atom. The predicted octanol–water partition coefficient (Wildman–Crippen LogP) is 3.86. The van der Waals surface area contributed by atoms with E-state index in [2.05, 4.69) is 56.7 Å². The van der Waals surface area contributed by atoms with E-state index in [1.807, 2.05) is 18.2 Å². The molecule has 0 aromatic heterocycles. The number of para-hydroxylation sites is 1. The van der Waals surface area contributed by atoms with Crippen LogP contribution >= 0.6 is 0 Å². The molecule has 1 fully saturated rings. The highest BCUT2D eigenvalue weighted by molar-refractivity contribution is 5.46. The fraction of sp³-hybridized carbons (Fsp3) is 0.556. The maximum atomic E-state index is 6.16. The second kappa shape index (κ2) is 5.89. The first kappa shape index (κ1) is 14.9. The third kappa shape index (κ3) is 4.02. The highest BCUT2D eigenvalue weighted by Crippen LogP contribution is 2.34. The summed E-state index contributed by atoms with van der Waals surface area (Å²) in [4.78, 5) is 2.16. The van der Waals surface area contributed by atoms with Crippen LogP contribution in [0.4, 0.5) is 5.69 Å². The SMILES string of the molecule is CN(CC#C[C@@]1(C)CCCC(C)(C)O1)c1ccccc1. The zero-order chi connectivity index (χ0) is 14.6. The molecule has 0 spiro atoms. The summed E-state index contributed by atoms with van der Waals surface area (Å²) in [6.45, 7) is 7.15. The number of nitrogens with zero attached hydrogens (tertiary/aromatic N) is 1. The first-order valence-electron chi connectivity index (χ1n) is 7.37. The molecule has 2 heteroatoms. The van der Waals surface area contributed by atoms with Crippen molar-refractivity contribution in [2.24, 2.45) is 0 Å². The molecule has 0 aliphatic carbocycles. The van der Waals surface area contributed by atoms with Gasteiger partial charge in [0.05, 0.1) is 12.1 Å². The van der Waals surface area contributed by atoms with Crippen molar-refractivity contribution in [1.29, 1.82) is 0 Å². The van der Waals surface area contributed by atoms with Crippen molar-refractivity contribution in [2.45, 2.75) is 51.2 Å². The van der Waals surface area contributed by atoms with Crippen LogP contribution in [0.25, 0.3) is 0 Å². The van der Waals surface area contributed by atoms with Gasteiger partial charge in [-0.15, -0.1) is 0 Å². The van der Waals surface area contributed by atoms with Gasteiger partial charge in [-0.05, 0) is 52.2 Å². The van der Waals surface area contributed by atoms with Crippen LogP contribution in [0.2, 0.25) is 0 Å². The summed E-state index contributed by atoms with van der Waals surface area (Å²) >= 11 is 0. The fourth-order valence-corrected chi connectivity index (χ4v) is 2.77. The molecule has 1 atom stereocenters. The lowest BCUT2D eigenvalue weighted by Gasteiger charge is -2.40. The van der Waals surface area contributed by atoms with Gasteiger partial charge >= 0.3 is 0 Å². The summed E-state index contributed by atoms with van der Waals surface area (Å²) in [5.41, 5.74) is 0.851. The molecule has 1 aliphatic heterocycles. The van der Waals surface area contributed by atoms with Crippen molar-refractivity contribution in [1.82, 2.24) is 0 Å². The van der Waals surface area contributed by atoms with Crippen LogP contribution < -0.4 is 4.90 Å². The minimum Gasteiger partial charge on any atom is -0.363 e. The first-order valence-corrected chi connectivity index (χ1v) is 7.37. The molecule has 0 amide bonds. The first-order chi connectivity index (χ1) is 9.40. The molecule has 0 bridgehead atoms. The number of hydrogen-bond donors (Lipinski definition) is 0. The molecule has 0 N–H and O–H groups in total. The van der Waals surface area contributed by atoms with Crippen molar-refractivity contribution >= 4 is 5.69 Å². The Balaban J connectivity index is 1.97. The lowest BCUT2D eigenvalue weighted by molar-refractivity contribution is -0.135. The Labute approximate surface area is 123 Å². The van der Waals surface area contributed by atoms with Crippen molar-refractivity contribution in [3.63, 3.8) is 0 Å². The van der Waals surface area contributed by atoms with Crippen LogP contribution in [0.1, 0.15) is 40.0 Å². The quantitative estimate of drug-likeness (QED) is 0.757. The number of anilines is 1. The molecule has 108 valence electrons. The summed E-state index contributed by atoms with van der Waals surface area (Å²) in [6.07, 6.45) is 3.33. The molecule has 20 heavy (non-hydrogen) atoms. The summed E-state index contributed by atoms with van der Waals surface area (Å²) in [5, 5.41) is 0. The fourth-order valence-electron chi connectivity index (χ4n) is 2.77. The monoisotopic (exact) mass is 271 g/mol. The van der Waals surface area contributed by atoms with Crippen LogP contribution in [-0.4, -0.2) is 24.8 Å². The molecule has 1 aromatic carbocycles. The Morgan fingerprint density at radius 3 is 2.50 bits per heavy atom. The minimum absolute atomic E-state index is 0.0486. The molecule has 0 radical (unpaired) electrons. The summed E-state index contributed by atoms with van der Waals surface area (Å²) in [7, 11) is 2.07. The maximum Gasteiger partial charge on any atom is 0.126 e. The second-order valence-corrected chi connectivity index (χ2v) is 6.44. The van der Waals surface area contributed by atoms with Gasteiger partial charge in [-0.3, -0.25) is 0 Å². The molecule has 0 saturated carbocycles. The Bertz CT molecular complexity index is 497. The molecular formula is C18H25NO. The van der Waals surface area contributed by atoms with Crippen LogP contribution in [0.3, 0.4) is 0 Å². The standard InChI is InChI=1S/C18H25NO/c1-17(2)12-8-13-18(3,20-17)14-9-15-19(4)16-10-6-5-7-11-16/h5-7,10-11H,8,12-13,15H2,1-4H3/t18-/m1/s1. The zero-order valence-corrected chi connectivity index (χ0v) is 13.1. The van der Waals surface area contributed by atoms with E-state index in [1.54, 1.807) is 0 Å². The van der Waals surface area contributed by atoms with Crippen molar-refractivity contribution in [2.75, 3.05) is 18.5 Å². The van der Waals surface area contributed by atoms with Gasteiger partial charge in [0.25, 0.3) is 0 Å².